The van der Waals surface area contributed by atoms with Gasteiger partial charge in [0.25, 0.3) is 0 Å². The van der Waals surface area contributed by atoms with Gasteiger partial charge in [0.1, 0.15) is 0 Å². The van der Waals surface area contributed by atoms with Crippen LogP contribution in [0.5, 0.6) is 0 Å². The molecule has 66 valence electrons. The van der Waals surface area contributed by atoms with E-state index in [1.165, 1.54) is 6.92 Å². The molecule has 0 saturated carbocycles. The number of ether oxygens (including phenoxy) is 2. The molecule has 0 aliphatic heterocycles. The zero-order valence-electron chi connectivity index (χ0n) is 6.34. The summed E-state index contributed by atoms with van der Waals surface area (Å²) >= 11 is 0. The SMILES string of the molecule is CCOC(=O)[C@H](C)OC(F)F. The lowest BCUT2D eigenvalue weighted by atomic mass is 10.4. The second-order valence-corrected chi connectivity index (χ2v) is 1.79. The van der Waals surface area contributed by atoms with Crippen LogP contribution in [0.25, 0.3) is 0 Å². The minimum atomic E-state index is -2.94. The maximum atomic E-state index is 11.5. The van der Waals surface area contributed by atoms with Crippen molar-refractivity contribution in [2.75, 3.05) is 6.61 Å². The van der Waals surface area contributed by atoms with Crippen LogP contribution in [0.1, 0.15) is 13.8 Å². The first-order valence-electron chi connectivity index (χ1n) is 3.18. The summed E-state index contributed by atoms with van der Waals surface area (Å²) in [7, 11) is 0. The second-order valence-electron chi connectivity index (χ2n) is 1.79. The summed E-state index contributed by atoms with van der Waals surface area (Å²) in [6, 6.07) is 0. The van der Waals surface area contributed by atoms with Gasteiger partial charge in [-0.1, -0.05) is 0 Å². The van der Waals surface area contributed by atoms with E-state index in [4.69, 9.17) is 0 Å². The van der Waals surface area contributed by atoms with Crippen LogP contribution >= 0.6 is 0 Å². The van der Waals surface area contributed by atoms with Crippen LogP contribution in [-0.4, -0.2) is 25.3 Å². The van der Waals surface area contributed by atoms with Crippen molar-refractivity contribution < 1.29 is 23.0 Å². The van der Waals surface area contributed by atoms with Crippen LogP contribution in [0.3, 0.4) is 0 Å². The molecule has 5 heteroatoms. The van der Waals surface area contributed by atoms with E-state index in [2.05, 4.69) is 9.47 Å². The van der Waals surface area contributed by atoms with Gasteiger partial charge in [-0.15, -0.1) is 0 Å². The molecule has 0 aliphatic rings. The number of rotatable bonds is 4. The summed E-state index contributed by atoms with van der Waals surface area (Å²) in [4.78, 5) is 10.6. The highest BCUT2D eigenvalue weighted by atomic mass is 19.3. The zero-order valence-corrected chi connectivity index (χ0v) is 6.34. The molecule has 0 aromatic carbocycles. The van der Waals surface area contributed by atoms with E-state index in [0.29, 0.717) is 0 Å². The highest BCUT2D eigenvalue weighted by molar-refractivity contribution is 5.74. The Kier molecular flexibility index (Phi) is 4.69. The number of alkyl halides is 2. The maximum Gasteiger partial charge on any atom is 0.346 e. The van der Waals surface area contributed by atoms with Crippen molar-refractivity contribution in [2.24, 2.45) is 0 Å². The maximum absolute atomic E-state index is 11.5. The molecule has 1 atom stereocenters. The third kappa shape index (κ3) is 4.66. The largest absolute Gasteiger partial charge is 0.464 e. The van der Waals surface area contributed by atoms with E-state index in [1.807, 2.05) is 0 Å². The molecule has 0 radical (unpaired) electrons. The first-order chi connectivity index (χ1) is 5.07. The lowest BCUT2D eigenvalue weighted by molar-refractivity contribution is -0.187. The van der Waals surface area contributed by atoms with Gasteiger partial charge in [-0.25, -0.2) is 4.79 Å². The average Bonchev–Trinajstić information content (AvgIpc) is 1.86. The molecule has 0 aromatic heterocycles. The normalized spacial score (nSPS) is 13.2. The molecular formula is C6H10F2O3. The molecule has 0 aliphatic carbocycles. The van der Waals surface area contributed by atoms with Gasteiger partial charge in [-0.05, 0) is 13.8 Å². The van der Waals surface area contributed by atoms with Crippen molar-refractivity contribution in [3.8, 4) is 0 Å². The summed E-state index contributed by atoms with van der Waals surface area (Å²) in [6.45, 7) is 0.0295. The first-order valence-corrected chi connectivity index (χ1v) is 3.18. The van der Waals surface area contributed by atoms with Gasteiger partial charge in [0.05, 0.1) is 6.61 Å². The number of halogens is 2. The molecule has 0 aromatic rings. The predicted octanol–water partition coefficient (Wildman–Crippen LogP) is 1.18. The van der Waals surface area contributed by atoms with Crippen molar-refractivity contribution in [1.29, 1.82) is 0 Å². The van der Waals surface area contributed by atoms with E-state index in [1.54, 1.807) is 6.92 Å². The number of carbonyl (C=O) groups excluding carboxylic acids is 1. The van der Waals surface area contributed by atoms with Gasteiger partial charge >= 0.3 is 12.6 Å². The van der Waals surface area contributed by atoms with E-state index < -0.39 is 18.7 Å². The quantitative estimate of drug-likeness (QED) is 0.591. The lowest BCUT2D eigenvalue weighted by Gasteiger charge is -2.09. The Labute approximate surface area is 63.3 Å². The van der Waals surface area contributed by atoms with Crippen LogP contribution in [0.2, 0.25) is 0 Å². The Hall–Kier alpha value is -0.710. The minimum Gasteiger partial charge on any atom is -0.464 e. The van der Waals surface area contributed by atoms with Crippen molar-refractivity contribution in [1.82, 2.24) is 0 Å². The van der Waals surface area contributed by atoms with E-state index in [9.17, 15) is 13.6 Å². The number of carbonyl (C=O) groups is 1. The van der Waals surface area contributed by atoms with Crippen LogP contribution in [0.4, 0.5) is 8.78 Å². The van der Waals surface area contributed by atoms with Crippen LogP contribution < -0.4 is 0 Å². The fourth-order valence-electron chi connectivity index (χ4n) is 0.469. The molecule has 0 amide bonds. The van der Waals surface area contributed by atoms with Crippen LogP contribution in [0, 0.1) is 0 Å². The summed E-state index contributed by atoms with van der Waals surface area (Å²) in [5, 5.41) is 0. The van der Waals surface area contributed by atoms with Gasteiger partial charge < -0.3 is 9.47 Å². The van der Waals surface area contributed by atoms with Crippen molar-refractivity contribution in [3.63, 3.8) is 0 Å². The monoisotopic (exact) mass is 168 g/mol. The Balaban J connectivity index is 3.64. The van der Waals surface area contributed by atoms with E-state index >= 15 is 0 Å². The molecule has 11 heavy (non-hydrogen) atoms. The van der Waals surface area contributed by atoms with E-state index in [0.717, 1.165) is 0 Å². The van der Waals surface area contributed by atoms with Gasteiger partial charge in [-0.2, -0.15) is 8.78 Å². The molecule has 0 spiro atoms. The highest BCUT2D eigenvalue weighted by Gasteiger charge is 2.18. The molecule has 0 rings (SSSR count). The van der Waals surface area contributed by atoms with Crippen LogP contribution in [-0.2, 0) is 14.3 Å². The average molecular weight is 168 g/mol. The zero-order chi connectivity index (χ0) is 8.85. The van der Waals surface area contributed by atoms with Crippen molar-refractivity contribution in [2.45, 2.75) is 26.6 Å². The van der Waals surface area contributed by atoms with Crippen molar-refractivity contribution >= 4 is 5.97 Å². The predicted molar refractivity (Wildman–Crippen MR) is 33.2 cm³/mol. The number of hydrogen-bond acceptors (Lipinski definition) is 3. The Morgan fingerprint density at radius 1 is 1.55 bits per heavy atom. The summed E-state index contributed by atoms with van der Waals surface area (Å²) in [5.74, 6) is -0.771. The molecule has 0 heterocycles. The summed E-state index contributed by atoms with van der Waals surface area (Å²) in [5.41, 5.74) is 0. The standard InChI is InChI=1S/C6H10F2O3/c1-3-10-5(9)4(2)11-6(7)8/h4,6H,3H2,1-2H3/t4-/m0/s1. The second kappa shape index (κ2) is 5.01. The minimum absolute atomic E-state index is 0.162. The fourth-order valence-corrected chi connectivity index (χ4v) is 0.469. The van der Waals surface area contributed by atoms with Gasteiger partial charge in [0.15, 0.2) is 6.10 Å². The molecule has 0 N–H and O–H groups in total. The lowest BCUT2D eigenvalue weighted by Crippen LogP contribution is -2.25. The van der Waals surface area contributed by atoms with E-state index in [-0.39, 0.29) is 6.61 Å². The molecule has 0 unspecified atom stereocenters. The molecule has 0 bridgehead atoms. The Morgan fingerprint density at radius 2 is 2.09 bits per heavy atom. The third-order valence-corrected chi connectivity index (χ3v) is 0.926. The molecule has 3 nitrogen and oxygen atoms in total. The van der Waals surface area contributed by atoms with Crippen LogP contribution in [0.15, 0.2) is 0 Å². The Morgan fingerprint density at radius 3 is 2.45 bits per heavy atom. The first kappa shape index (κ1) is 10.3. The molecule has 0 fully saturated rings. The summed E-state index contributed by atoms with van der Waals surface area (Å²) in [6.07, 6.45) is -1.20. The number of esters is 1. The molecule has 0 saturated heterocycles. The van der Waals surface area contributed by atoms with Gasteiger partial charge in [0.2, 0.25) is 0 Å². The Bertz CT molecular complexity index is 127. The highest BCUT2D eigenvalue weighted by Crippen LogP contribution is 2.02. The number of hydrogen-bond donors (Lipinski definition) is 0. The fraction of sp³-hybridized carbons (Fsp3) is 0.833. The topological polar surface area (TPSA) is 35.5 Å². The summed E-state index contributed by atoms with van der Waals surface area (Å²) < 4.78 is 31.2. The molecular weight excluding hydrogens is 158 g/mol. The van der Waals surface area contributed by atoms with Gasteiger partial charge in [-0.3, -0.25) is 0 Å². The smallest absolute Gasteiger partial charge is 0.346 e. The van der Waals surface area contributed by atoms with Gasteiger partial charge in [0, 0.05) is 0 Å². The third-order valence-electron chi connectivity index (χ3n) is 0.926. The van der Waals surface area contributed by atoms with Crippen molar-refractivity contribution in [3.05, 3.63) is 0 Å².